The molecule has 0 atom stereocenters. The monoisotopic (exact) mass is 228 g/mol. The number of rotatable bonds is 2. The molecule has 1 aromatic heterocycles. The molecule has 0 saturated heterocycles. The number of aliphatic carboxylic acids is 1. The van der Waals surface area contributed by atoms with Crippen molar-refractivity contribution in [2.45, 2.75) is 6.42 Å². The van der Waals surface area contributed by atoms with E-state index >= 15 is 0 Å². The van der Waals surface area contributed by atoms with Crippen LogP contribution in [0.3, 0.4) is 0 Å². The van der Waals surface area contributed by atoms with E-state index < -0.39 is 5.97 Å². The SMILES string of the molecule is Cl.O=C(O)Cc1ccc2sccc2c1. The Morgan fingerprint density at radius 1 is 1.36 bits per heavy atom. The fraction of sp³-hybridized carbons (Fsp3) is 0.100. The lowest BCUT2D eigenvalue weighted by Gasteiger charge is -1.96. The lowest BCUT2D eigenvalue weighted by molar-refractivity contribution is -0.136. The lowest BCUT2D eigenvalue weighted by Crippen LogP contribution is -1.99. The smallest absolute Gasteiger partial charge is 0.307 e. The Kier molecular flexibility index (Phi) is 3.49. The summed E-state index contributed by atoms with van der Waals surface area (Å²) in [6.45, 7) is 0. The predicted molar refractivity (Wildman–Crippen MR) is 60.4 cm³/mol. The number of carboxylic acid groups (broad SMARTS) is 1. The van der Waals surface area contributed by atoms with Crippen LogP contribution in [0.25, 0.3) is 10.1 Å². The summed E-state index contributed by atoms with van der Waals surface area (Å²) in [5.74, 6) is -0.783. The van der Waals surface area contributed by atoms with Gasteiger partial charge in [-0.25, -0.2) is 0 Å². The van der Waals surface area contributed by atoms with E-state index in [1.165, 1.54) is 4.70 Å². The Bertz CT molecular complexity index is 450. The van der Waals surface area contributed by atoms with E-state index in [2.05, 4.69) is 0 Å². The van der Waals surface area contributed by atoms with Crippen molar-refractivity contribution in [2.75, 3.05) is 0 Å². The lowest BCUT2D eigenvalue weighted by atomic mass is 10.1. The zero-order chi connectivity index (χ0) is 9.26. The van der Waals surface area contributed by atoms with Crippen LogP contribution < -0.4 is 0 Å². The highest BCUT2D eigenvalue weighted by Gasteiger charge is 2.01. The summed E-state index contributed by atoms with van der Waals surface area (Å²) in [6, 6.07) is 7.77. The first kappa shape index (κ1) is 11.0. The third-order valence-corrected chi connectivity index (χ3v) is 2.77. The third kappa shape index (κ3) is 2.25. The van der Waals surface area contributed by atoms with Crippen LogP contribution in [0.4, 0.5) is 0 Å². The Labute approximate surface area is 91.6 Å². The van der Waals surface area contributed by atoms with Crippen molar-refractivity contribution in [1.29, 1.82) is 0 Å². The molecule has 0 radical (unpaired) electrons. The van der Waals surface area contributed by atoms with Gasteiger partial charge in [0.1, 0.15) is 0 Å². The van der Waals surface area contributed by atoms with Crippen molar-refractivity contribution in [2.24, 2.45) is 0 Å². The fourth-order valence-electron chi connectivity index (χ4n) is 1.30. The van der Waals surface area contributed by atoms with Gasteiger partial charge in [0.05, 0.1) is 6.42 Å². The number of hydrogen-bond acceptors (Lipinski definition) is 2. The quantitative estimate of drug-likeness (QED) is 0.858. The second-order valence-electron chi connectivity index (χ2n) is 2.86. The van der Waals surface area contributed by atoms with E-state index in [0.29, 0.717) is 0 Å². The second kappa shape index (κ2) is 4.44. The molecule has 1 heterocycles. The van der Waals surface area contributed by atoms with Crippen LogP contribution in [0.2, 0.25) is 0 Å². The molecular formula is C10H9ClO2S. The van der Waals surface area contributed by atoms with Crippen molar-refractivity contribution in [1.82, 2.24) is 0 Å². The maximum absolute atomic E-state index is 10.4. The minimum Gasteiger partial charge on any atom is -0.481 e. The van der Waals surface area contributed by atoms with Crippen molar-refractivity contribution in [3.8, 4) is 0 Å². The zero-order valence-corrected chi connectivity index (χ0v) is 8.90. The van der Waals surface area contributed by atoms with Gasteiger partial charge in [-0.3, -0.25) is 4.79 Å². The number of thiophene rings is 1. The van der Waals surface area contributed by atoms with Gasteiger partial charge >= 0.3 is 5.97 Å². The van der Waals surface area contributed by atoms with Gasteiger partial charge in [-0.1, -0.05) is 6.07 Å². The van der Waals surface area contributed by atoms with Gasteiger partial charge in [0.25, 0.3) is 0 Å². The normalized spacial score (nSPS) is 9.71. The molecule has 0 unspecified atom stereocenters. The van der Waals surface area contributed by atoms with Crippen LogP contribution in [0.1, 0.15) is 5.56 Å². The fourth-order valence-corrected chi connectivity index (χ4v) is 2.07. The molecule has 0 spiro atoms. The maximum Gasteiger partial charge on any atom is 0.307 e. The van der Waals surface area contributed by atoms with E-state index in [1.807, 2.05) is 29.6 Å². The topological polar surface area (TPSA) is 37.3 Å². The number of carboxylic acids is 1. The molecule has 0 saturated carbocycles. The molecule has 74 valence electrons. The Hall–Kier alpha value is -1.06. The van der Waals surface area contributed by atoms with Gasteiger partial charge in [-0.15, -0.1) is 23.7 Å². The first-order valence-corrected chi connectivity index (χ1v) is 4.81. The summed E-state index contributed by atoms with van der Waals surface area (Å²) in [6.07, 6.45) is 0.103. The molecule has 1 N–H and O–H groups in total. The summed E-state index contributed by atoms with van der Waals surface area (Å²) in [4.78, 5) is 10.4. The van der Waals surface area contributed by atoms with Crippen LogP contribution >= 0.6 is 23.7 Å². The zero-order valence-electron chi connectivity index (χ0n) is 7.27. The van der Waals surface area contributed by atoms with E-state index in [0.717, 1.165) is 10.9 Å². The van der Waals surface area contributed by atoms with Crippen LogP contribution in [0.15, 0.2) is 29.6 Å². The molecule has 1 aromatic carbocycles. The minimum atomic E-state index is -0.783. The largest absolute Gasteiger partial charge is 0.481 e. The van der Waals surface area contributed by atoms with Crippen LogP contribution in [-0.4, -0.2) is 11.1 Å². The molecule has 0 aliphatic carbocycles. The molecule has 0 amide bonds. The highest BCUT2D eigenvalue weighted by atomic mass is 35.5. The number of halogens is 1. The van der Waals surface area contributed by atoms with Crippen molar-refractivity contribution in [3.63, 3.8) is 0 Å². The first-order valence-electron chi connectivity index (χ1n) is 3.93. The highest BCUT2D eigenvalue weighted by Crippen LogP contribution is 2.21. The standard InChI is InChI=1S/C10H8O2S.ClH/c11-10(12)6-7-1-2-9-8(5-7)3-4-13-9;/h1-5H,6H2,(H,11,12);1H. The average molecular weight is 229 g/mol. The summed E-state index contributed by atoms with van der Waals surface area (Å²) in [5, 5.41) is 11.7. The Balaban J connectivity index is 0.000000980. The molecule has 14 heavy (non-hydrogen) atoms. The predicted octanol–water partition coefficient (Wildman–Crippen LogP) is 2.95. The summed E-state index contributed by atoms with van der Waals surface area (Å²) < 4.78 is 1.20. The average Bonchev–Trinajstić information content (AvgIpc) is 2.49. The van der Waals surface area contributed by atoms with E-state index in [1.54, 1.807) is 11.3 Å². The molecule has 0 aliphatic rings. The Morgan fingerprint density at radius 3 is 2.86 bits per heavy atom. The number of benzene rings is 1. The summed E-state index contributed by atoms with van der Waals surface area (Å²) in [5.41, 5.74) is 0.860. The first-order chi connectivity index (χ1) is 6.25. The maximum atomic E-state index is 10.4. The van der Waals surface area contributed by atoms with Crippen LogP contribution in [0, 0.1) is 0 Å². The van der Waals surface area contributed by atoms with Crippen LogP contribution in [-0.2, 0) is 11.2 Å². The number of hydrogen-bond donors (Lipinski definition) is 1. The molecule has 2 aromatic rings. The number of fused-ring (bicyclic) bond motifs is 1. The van der Waals surface area contributed by atoms with Crippen molar-refractivity contribution >= 4 is 39.8 Å². The molecule has 0 aliphatic heterocycles. The van der Waals surface area contributed by atoms with Gasteiger partial charge in [-0.05, 0) is 34.5 Å². The van der Waals surface area contributed by atoms with Crippen LogP contribution in [0.5, 0.6) is 0 Å². The molecular weight excluding hydrogens is 220 g/mol. The number of carbonyl (C=O) groups is 1. The molecule has 4 heteroatoms. The van der Waals surface area contributed by atoms with E-state index in [-0.39, 0.29) is 18.8 Å². The Morgan fingerprint density at radius 2 is 2.14 bits per heavy atom. The minimum absolute atomic E-state index is 0. The van der Waals surface area contributed by atoms with E-state index in [9.17, 15) is 4.79 Å². The third-order valence-electron chi connectivity index (χ3n) is 1.87. The summed E-state index contributed by atoms with van der Waals surface area (Å²) >= 11 is 1.67. The van der Waals surface area contributed by atoms with Crippen molar-refractivity contribution < 1.29 is 9.90 Å². The van der Waals surface area contributed by atoms with Gasteiger partial charge in [0.2, 0.25) is 0 Å². The highest BCUT2D eigenvalue weighted by molar-refractivity contribution is 7.17. The van der Waals surface area contributed by atoms with Crippen molar-refractivity contribution in [3.05, 3.63) is 35.2 Å². The van der Waals surface area contributed by atoms with Gasteiger partial charge in [0, 0.05) is 4.70 Å². The second-order valence-corrected chi connectivity index (χ2v) is 3.81. The molecule has 2 nitrogen and oxygen atoms in total. The molecule has 2 rings (SSSR count). The molecule has 0 fully saturated rings. The van der Waals surface area contributed by atoms with Gasteiger partial charge in [-0.2, -0.15) is 0 Å². The van der Waals surface area contributed by atoms with Gasteiger partial charge < -0.3 is 5.11 Å². The van der Waals surface area contributed by atoms with E-state index in [4.69, 9.17) is 5.11 Å². The molecule has 0 bridgehead atoms. The summed E-state index contributed by atoms with van der Waals surface area (Å²) in [7, 11) is 0. The van der Waals surface area contributed by atoms with Gasteiger partial charge in [0.15, 0.2) is 0 Å².